The number of aromatic nitrogens is 3. The first-order chi connectivity index (χ1) is 13.2. The minimum absolute atomic E-state index is 0.112. The lowest BCUT2D eigenvalue weighted by Crippen LogP contribution is -2.44. The molecular formula is C19H25F2N5O2. The van der Waals surface area contributed by atoms with Gasteiger partial charge in [-0.25, -0.2) is 18.7 Å². The Balaban J connectivity index is 1.92. The van der Waals surface area contributed by atoms with E-state index < -0.39 is 23.2 Å². The molecule has 1 aromatic heterocycles. The van der Waals surface area contributed by atoms with Gasteiger partial charge < -0.3 is 20.5 Å². The Kier molecular flexibility index (Phi) is 5.49. The third-order valence-corrected chi connectivity index (χ3v) is 5.84. The quantitative estimate of drug-likeness (QED) is 0.805. The maximum Gasteiger partial charge on any atom is 0.230 e. The molecule has 1 aromatic carbocycles. The van der Waals surface area contributed by atoms with Gasteiger partial charge in [0.05, 0.1) is 18.2 Å². The lowest BCUT2D eigenvalue weighted by molar-refractivity contribution is -0.0277. The van der Waals surface area contributed by atoms with Crippen molar-refractivity contribution in [2.75, 3.05) is 24.8 Å². The number of methoxy groups -OCH3 is 1. The topological polar surface area (TPSA) is 97.4 Å². The highest BCUT2D eigenvalue weighted by atomic mass is 19.2. The third kappa shape index (κ3) is 3.51. The zero-order chi connectivity index (χ0) is 20.6. The number of nitrogens with two attached hydrogens (primary N) is 1. The lowest BCUT2D eigenvalue weighted by atomic mass is 9.75. The number of halogens is 2. The van der Waals surface area contributed by atoms with Crippen molar-refractivity contribution in [3.8, 4) is 0 Å². The fraction of sp³-hybridized carbons (Fsp3) is 0.526. The van der Waals surface area contributed by atoms with Crippen molar-refractivity contribution >= 4 is 11.9 Å². The molecule has 0 aliphatic heterocycles. The Morgan fingerprint density at radius 2 is 2.00 bits per heavy atom. The summed E-state index contributed by atoms with van der Waals surface area (Å²) in [4.78, 5) is 14.0. The number of nitrogens with zero attached hydrogens (tertiary/aromatic N) is 4. The number of likely N-dealkylation sites (N-methyl/N-ethyl adjacent to an activating group) is 1. The summed E-state index contributed by atoms with van der Waals surface area (Å²) in [5, 5.41) is 11.0. The molecule has 4 atom stereocenters. The van der Waals surface area contributed by atoms with Gasteiger partial charge >= 0.3 is 0 Å². The van der Waals surface area contributed by atoms with Gasteiger partial charge in [0.1, 0.15) is 6.33 Å². The number of nitrogen functional groups attached to an aromatic ring is 1. The van der Waals surface area contributed by atoms with Crippen molar-refractivity contribution in [3.05, 3.63) is 41.7 Å². The molecule has 0 bridgehead atoms. The van der Waals surface area contributed by atoms with Crippen LogP contribution in [0.1, 0.15) is 31.9 Å². The normalized spacial score (nSPS) is 24.9. The molecular weight excluding hydrogens is 368 g/mol. The van der Waals surface area contributed by atoms with E-state index in [0.29, 0.717) is 17.9 Å². The van der Waals surface area contributed by atoms with Crippen LogP contribution in [0.3, 0.4) is 0 Å². The molecule has 0 spiro atoms. The standard InChI is InChI=1S/C19H25F2N5O2/c1-19(2)11(15(27)10-5-6-12(20)13(21)7-10)8-14(16(19)28-4)26(3)18-24-9-23-17(22)25-18/h5-7,9,11,14-16,27H,8H2,1-4H3,(H2,22,23,24,25)/t11-,14-,15-,16+/m1/s1. The predicted octanol–water partition coefficient (Wildman–Crippen LogP) is 2.33. The van der Waals surface area contributed by atoms with E-state index in [1.165, 1.54) is 12.4 Å². The number of aliphatic hydroxyl groups is 1. The van der Waals surface area contributed by atoms with Crippen LogP contribution >= 0.6 is 0 Å². The van der Waals surface area contributed by atoms with Gasteiger partial charge in [0.2, 0.25) is 11.9 Å². The number of rotatable bonds is 5. The van der Waals surface area contributed by atoms with Crippen LogP contribution in [0.4, 0.5) is 20.7 Å². The van der Waals surface area contributed by atoms with E-state index in [2.05, 4.69) is 15.0 Å². The molecule has 0 radical (unpaired) electrons. The summed E-state index contributed by atoms with van der Waals surface area (Å²) in [5.41, 5.74) is 5.54. The van der Waals surface area contributed by atoms with Gasteiger partial charge in [0.25, 0.3) is 0 Å². The molecule has 1 aliphatic rings. The zero-order valence-electron chi connectivity index (χ0n) is 16.3. The summed E-state index contributed by atoms with van der Waals surface area (Å²) in [7, 11) is 3.44. The van der Waals surface area contributed by atoms with E-state index in [1.807, 2.05) is 25.8 Å². The Morgan fingerprint density at radius 1 is 1.29 bits per heavy atom. The van der Waals surface area contributed by atoms with E-state index in [9.17, 15) is 13.9 Å². The molecule has 7 nitrogen and oxygen atoms in total. The van der Waals surface area contributed by atoms with Crippen LogP contribution in [0.2, 0.25) is 0 Å². The van der Waals surface area contributed by atoms with Gasteiger partial charge in [-0.3, -0.25) is 0 Å². The van der Waals surface area contributed by atoms with E-state index in [4.69, 9.17) is 10.5 Å². The molecule has 1 aliphatic carbocycles. The smallest absolute Gasteiger partial charge is 0.230 e. The van der Waals surface area contributed by atoms with Gasteiger partial charge in [-0.2, -0.15) is 4.98 Å². The number of benzene rings is 1. The summed E-state index contributed by atoms with van der Waals surface area (Å²) in [6, 6.07) is 3.32. The molecule has 9 heteroatoms. The summed E-state index contributed by atoms with van der Waals surface area (Å²) in [6.45, 7) is 3.98. The molecule has 0 saturated heterocycles. The minimum atomic E-state index is -0.982. The molecule has 1 saturated carbocycles. The van der Waals surface area contributed by atoms with E-state index in [0.717, 1.165) is 12.1 Å². The second kappa shape index (κ2) is 7.56. The van der Waals surface area contributed by atoms with Crippen LogP contribution in [0, 0.1) is 23.0 Å². The van der Waals surface area contributed by atoms with Crippen molar-refractivity contribution in [1.29, 1.82) is 0 Å². The molecule has 152 valence electrons. The maximum atomic E-state index is 13.7. The minimum Gasteiger partial charge on any atom is -0.388 e. The molecule has 0 amide bonds. The molecule has 2 aromatic rings. The van der Waals surface area contributed by atoms with Gasteiger partial charge in [0, 0.05) is 14.2 Å². The van der Waals surface area contributed by atoms with Crippen LogP contribution in [-0.4, -0.2) is 46.4 Å². The monoisotopic (exact) mass is 393 g/mol. The van der Waals surface area contributed by atoms with Gasteiger partial charge in [-0.15, -0.1) is 0 Å². The first kappa shape index (κ1) is 20.3. The maximum absolute atomic E-state index is 13.7. The van der Waals surface area contributed by atoms with E-state index in [-0.39, 0.29) is 24.0 Å². The SMILES string of the molecule is CO[C@H]1[C@H](N(C)c2ncnc(N)n2)C[C@H]([C@H](O)c2ccc(F)c(F)c2)C1(C)C. The summed E-state index contributed by atoms with van der Waals surface area (Å²) in [6.07, 6.45) is 0.627. The third-order valence-electron chi connectivity index (χ3n) is 5.84. The Hall–Kier alpha value is -2.39. The highest BCUT2D eigenvalue weighted by molar-refractivity contribution is 5.35. The van der Waals surface area contributed by atoms with Crippen LogP contribution in [0.5, 0.6) is 0 Å². The highest BCUT2D eigenvalue weighted by Gasteiger charge is 2.53. The van der Waals surface area contributed by atoms with E-state index >= 15 is 0 Å². The number of hydrogen-bond donors (Lipinski definition) is 2. The summed E-state index contributed by atoms with van der Waals surface area (Å²) in [5.74, 6) is -1.68. The van der Waals surface area contributed by atoms with Crippen molar-refractivity contribution < 1.29 is 18.6 Å². The number of anilines is 2. The van der Waals surface area contributed by atoms with Crippen LogP contribution in [-0.2, 0) is 4.74 Å². The van der Waals surface area contributed by atoms with Crippen molar-refractivity contribution in [3.63, 3.8) is 0 Å². The number of hydrogen-bond acceptors (Lipinski definition) is 7. The number of ether oxygens (including phenoxy) is 1. The lowest BCUT2D eigenvalue weighted by Gasteiger charge is -2.36. The van der Waals surface area contributed by atoms with Crippen molar-refractivity contribution in [1.82, 2.24) is 15.0 Å². The van der Waals surface area contributed by atoms with Crippen LogP contribution < -0.4 is 10.6 Å². The fourth-order valence-electron chi connectivity index (χ4n) is 4.30. The first-order valence-corrected chi connectivity index (χ1v) is 9.00. The first-order valence-electron chi connectivity index (χ1n) is 9.00. The molecule has 3 N–H and O–H groups in total. The second-order valence-corrected chi connectivity index (χ2v) is 7.76. The Bertz CT molecular complexity index is 851. The largest absolute Gasteiger partial charge is 0.388 e. The number of aliphatic hydroxyl groups excluding tert-OH is 1. The average Bonchev–Trinajstić information content (AvgIpc) is 2.92. The summed E-state index contributed by atoms with van der Waals surface area (Å²) < 4.78 is 32.7. The molecule has 28 heavy (non-hydrogen) atoms. The fourth-order valence-corrected chi connectivity index (χ4v) is 4.30. The Morgan fingerprint density at radius 3 is 2.61 bits per heavy atom. The average molecular weight is 393 g/mol. The van der Waals surface area contributed by atoms with Crippen molar-refractivity contribution in [2.45, 2.75) is 38.5 Å². The summed E-state index contributed by atoms with van der Waals surface area (Å²) >= 11 is 0. The van der Waals surface area contributed by atoms with Crippen molar-refractivity contribution in [2.24, 2.45) is 11.3 Å². The zero-order valence-corrected chi connectivity index (χ0v) is 16.3. The second-order valence-electron chi connectivity index (χ2n) is 7.76. The molecule has 0 unspecified atom stereocenters. The van der Waals surface area contributed by atoms with Gasteiger partial charge in [-0.1, -0.05) is 19.9 Å². The van der Waals surface area contributed by atoms with Gasteiger partial charge in [0.15, 0.2) is 11.6 Å². The van der Waals surface area contributed by atoms with Crippen LogP contribution in [0.25, 0.3) is 0 Å². The predicted molar refractivity (Wildman–Crippen MR) is 100 cm³/mol. The molecule has 1 fully saturated rings. The molecule has 3 rings (SSSR count). The van der Waals surface area contributed by atoms with E-state index in [1.54, 1.807) is 7.11 Å². The van der Waals surface area contributed by atoms with Crippen LogP contribution in [0.15, 0.2) is 24.5 Å². The van der Waals surface area contributed by atoms with Gasteiger partial charge in [-0.05, 0) is 35.4 Å². The Labute approximate surface area is 162 Å². The molecule has 1 heterocycles. The highest BCUT2D eigenvalue weighted by Crippen LogP contribution is 2.51.